The second-order valence-electron chi connectivity index (χ2n) is 3.71. The number of hydrogen-bond donors (Lipinski definition) is 0. The summed E-state index contributed by atoms with van der Waals surface area (Å²) in [5, 5.41) is -2.44. The quantitative estimate of drug-likeness (QED) is 0.369. The zero-order valence-corrected chi connectivity index (χ0v) is 23.0. The van der Waals surface area contributed by atoms with E-state index in [2.05, 4.69) is 6.58 Å². The van der Waals surface area contributed by atoms with Crippen molar-refractivity contribution in [3.8, 4) is 0 Å². The van der Waals surface area contributed by atoms with Crippen molar-refractivity contribution in [1.29, 1.82) is 0 Å². The molecule has 0 saturated carbocycles. The van der Waals surface area contributed by atoms with E-state index in [0.29, 0.717) is 0 Å². The molecule has 22 heavy (non-hydrogen) atoms. The molecule has 0 atom stereocenters. The van der Waals surface area contributed by atoms with E-state index in [1.807, 2.05) is 0 Å². The standard InChI is InChI=1S/C10H14O6P2.4Na/c1-2-8-3-5-9(6-4-8)7-10(17(11,12)13)18(14,15)16;;;;/h2-6,10H,1,7H2,(H2,11,12,13)(H2,14,15,16);;;;/q;4*+1/p-4. The van der Waals surface area contributed by atoms with Crippen molar-refractivity contribution in [2.24, 2.45) is 0 Å². The van der Waals surface area contributed by atoms with Crippen LogP contribution in [0.4, 0.5) is 0 Å². The molecule has 0 amide bonds. The normalized spacial score (nSPS) is 10.4. The molecule has 0 bridgehead atoms. The largest absolute Gasteiger partial charge is 1.00 e. The van der Waals surface area contributed by atoms with Crippen LogP contribution in [0, 0.1) is 0 Å². The summed E-state index contributed by atoms with van der Waals surface area (Å²) in [6, 6.07) is 6.02. The summed E-state index contributed by atoms with van der Waals surface area (Å²) >= 11 is 0. The molecule has 100 valence electrons. The Morgan fingerprint density at radius 3 is 1.55 bits per heavy atom. The van der Waals surface area contributed by atoms with E-state index in [9.17, 15) is 28.7 Å². The van der Waals surface area contributed by atoms with Gasteiger partial charge in [0.15, 0.2) is 0 Å². The Balaban J connectivity index is -0.000000405. The maximum absolute atomic E-state index is 10.8. The fourth-order valence-corrected chi connectivity index (χ4v) is 3.65. The minimum Gasteiger partial charge on any atom is -0.810 e. The van der Waals surface area contributed by atoms with Gasteiger partial charge in [0.2, 0.25) is 0 Å². The third-order valence-electron chi connectivity index (χ3n) is 2.36. The van der Waals surface area contributed by atoms with Crippen LogP contribution in [0.3, 0.4) is 0 Å². The smallest absolute Gasteiger partial charge is 0.810 e. The monoisotopic (exact) mass is 380 g/mol. The molecule has 0 aliphatic carbocycles. The summed E-state index contributed by atoms with van der Waals surface area (Å²) in [5.41, 5.74) is 1.03. The van der Waals surface area contributed by atoms with Gasteiger partial charge in [-0.1, -0.05) is 52.1 Å². The molecule has 0 unspecified atom stereocenters. The van der Waals surface area contributed by atoms with Crippen LogP contribution in [0.2, 0.25) is 0 Å². The summed E-state index contributed by atoms with van der Waals surface area (Å²) in [5.74, 6) is 0. The number of hydrogen-bond acceptors (Lipinski definition) is 6. The summed E-state index contributed by atoms with van der Waals surface area (Å²) in [6.45, 7) is 3.51. The Morgan fingerprint density at radius 1 is 0.909 bits per heavy atom. The zero-order valence-electron chi connectivity index (χ0n) is 13.2. The van der Waals surface area contributed by atoms with Crippen molar-refractivity contribution < 1.29 is 147 Å². The van der Waals surface area contributed by atoms with Crippen LogP contribution >= 0.6 is 15.2 Å². The van der Waals surface area contributed by atoms with Crippen LogP contribution < -0.4 is 138 Å². The predicted molar refractivity (Wildman–Crippen MR) is 59.2 cm³/mol. The van der Waals surface area contributed by atoms with Crippen LogP contribution in [-0.4, -0.2) is 5.40 Å². The van der Waals surface area contributed by atoms with Crippen molar-refractivity contribution in [1.82, 2.24) is 0 Å². The first-order valence-corrected chi connectivity index (χ1v) is 8.12. The van der Waals surface area contributed by atoms with Gasteiger partial charge >= 0.3 is 118 Å². The van der Waals surface area contributed by atoms with Gasteiger partial charge in [0.25, 0.3) is 0 Å². The van der Waals surface area contributed by atoms with Gasteiger partial charge in [-0.15, -0.1) is 0 Å². The maximum atomic E-state index is 10.8. The molecule has 0 aliphatic heterocycles. The molecule has 12 heteroatoms. The number of benzene rings is 1. The van der Waals surface area contributed by atoms with Gasteiger partial charge in [-0.3, -0.25) is 0 Å². The molecule has 0 aromatic heterocycles. The zero-order chi connectivity index (χ0) is 14.0. The molecular weight excluding hydrogens is 370 g/mol. The molecule has 0 spiro atoms. The van der Waals surface area contributed by atoms with Crippen LogP contribution in [0.1, 0.15) is 11.1 Å². The van der Waals surface area contributed by atoms with E-state index >= 15 is 0 Å². The Bertz CT molecular complexity index is 505. The fraction of sp³-hybridized carbons (Fsp3) is 0.200. The SMILES string of the molecule is C=Cc1ccc(CC(P(=O)([O-])[O-])P(=O)([O-])[O-])cc1.[Na+].[Na+].[Na+].[Na+]. The van der Waals surface area contributed by atoms with E-state index in [1.54, 1.807) is 18.2 Å². The first-order valence-electron chi connectivity index (χ1n) is 4.89. The van der Waals surface area contributed by atoms with Crippen LogP contribution in [0.15, 0.2) is 30.8 Å². The second kappa shape index (κ2) is 14.3. The van der Waals surface area contributed by atoms with Crippen LogP contribution in [0.25, 0.3) is 6.08 Å². The predicted octanol–water partition coefficient (Wildman–Crippen LogP) is -13.0. The number of rotatable bonds is 5. The van der Waals surface area contributed by atoms with Crippen molar-refractivity contribution in [3.05, 3.63) is 42.0 Å². The topological polar surface area (TPSA) is 126 Å². The van der Waals surface area contributed by atoms with Gasteiger partial charge in [-0.2, -0.15) is 0 Å². The van der Waals surface area contributed by atoms with Gasteiger partial charge in [0, 0.05) is 5.40 Å². The third kappa shape index (κ3) is 11.8. The van der Waals surface area contributed by atoms with Crippen molar-refractivity contribution in [2.75, 3.05) is 0 Å². The molecule has 1 rings (SSSR count). The van der Waals surface area contributed by atoms with Gasteiger partial charge in [0.1, 0.15) is 0 Å². The minimum atomic E-state index is -5.49. The first-order chi connectivity index (χ1) is 8.14. The average molecular weight is 380 g/mol. The van der Waals surface area contributed by atoms with Gasteiger partial charge in [0.05, 0.1) is 0 Å². The molecule has 0 aliphatic rings. The van der Waals surface area contributed by atoms with Crippen LogP contribution in [0.5, 0.6) is 0 Å². The van der Waals surface area contributed by atoms with Crippen LogP contribution in [-0.2, 0) is 15.6 Å². The van der Waals surface area contributed by atoms with E-state index in [4.69, 9.17) is 0 Å². The molecule has 0 N–H and O–H groups in total. The van der Waals surface area contributed by atoms with E-state index < -0.39 is 27.0 Å². The summed E-state index contributed by atoms with van der Waals surface area (Å²) in [6.07, 6.45) is 0.908. The summed E-state index contributed by atoms with van der Waals surface area (Å²) in [4.78, 5) is 43.2. The third-order valence-corrected chi connectivity index (χ3v) is 5.89. The Labute approximate surface area is 218 Å². The van der Waals surface area contributed by atoms with Crippen molar-refractivity contribution in [3.63, 3.8) is 0 Å². The summed E-state index contributed by atoms with van der Waals surface area (Å²) in [7, 11) is -11.0. The minimum absolute atomic E-state index is 0. The van der Waals surface area contributed by atoms with Gasteiger partial charge in [-0.05, 0) is 17.5 Å². The average Bonchev–Trinajstić information content (AvgIpc) is 2.23. The molecule has 1 aromatic rings. The van der Waals surface area contributed by atoms with Crippen molar-refractivity contribution in [2.45, 2.75) is 11.8 Å². The first kappa shape index (κ1) is 32.9. The molecule has 6 nitrogen and oxygen atoms in total. The van der Waals surface area contributed by atoms with E-state index in [1.165, 1.54) is 12.1 Å². The maximum Gasteiger partial charge on any atom is 1.00 e. The molecule has 1 aromatic carbocycles. The molecule has 0 heterocycles. The Morgan fingerprint density at radius 2 is 1.27 bits per heavy atom. The molecular formula is C10H10Na4O6P2. The summed E-state index contributed by atoms with van der Waals surface area (Å²) < 4.78 is 21.6. The second-order valence-corrected chi connectivity index (χ2v) is 7.52. The molecule has 0 saturated heterocycles. The van der Waals surface area contributed by atoms with Gasteiger partial charge in [-0.25, -0.2) is 0 Å². The Hall–Kier alpha value is 3.26. The fourth-order valence-electron chi connectivity index (χ4n) is 1.40. The van der Waals surface area contributed by atoms with Gasteiger partial charge < -0.3 is 28.7 Å². The van der Waals surface area contributed by atoms with E-state index in [-0.39, 0.29) is 124 Å². The van der Waals surface area contributed by atoms with E-state index in [0.717, 1.165) is 5.56 Å². The molecule has 0 radical (unpaired) electrons. The molecule has 0 fully saturated rings. The Kier molecular flexibility index (Phi) is 21.4. The van der Waals surface area contributed by atoms with Crippen molar-refractivity contribution >= 4 is 21.3 Å².